The first-order chi connectivity index (χ1) is 9.15. The Morgan fingerprint density at radius 2 is 1.89 bits per heavy atom. The maximum Gasteiger partial charge on any atom is 0.248 e. The van der Waals surface area contributed by atoms with Crippen LogP contribution in [0, 0.1) is 5.82 Å². The van der Waals surface area contributed by atoms with Crippen LogP contribution in [0.1, 0.15) is 30.2 Å². The first-order valence-electron chi connectivity index (χ1n) is 6.27. The zero-order valence-corrected chi connectivity index (χ0v) is 10.5. The molecule has 3 nitrogen and oxygen atoms in total. The molecule has 2 N–H and O–H groups in total. The van der Waals surface area contributed by atoms with E-state index >= 15 is 0 Å². The molecule has 1 heterocycles. The Hall–Kier alpha value is -1.94. The molecular formula is C15H16FNO2. The summed E-state index contributed by atoms with van der Waals surface area (Å²) in [5.74, 6) is -0.308. The fourth-order valence-electron chi connectivity index (χ4n) is 1.98. The Morgan fingerprint density at radius 3 is 2.58 bits per heavy atom. The third kappa shape index (κ3) is 4.03. The van der Waals surface area contributed by atoms with E-state index in [2.05, 4.69) is 4.98 Å². The molecule has 0 spiro atoms. The minimum atomic E-state index is -0.601. The maximum atomic E-state index is 12.7. The third-order valence-corrected chi connectivity index (χ3v) is 3.01. The van der Waals surface area contributed by atoms with E-state index in [1.54, 1.807) is 18.2 Å². The Bertz CT molecular complexity index is 577. The van der Waals surface area contributed by atoms with Crippen molar-refractivity contribution in [2.45, 2.75) is 25.4 Å². The summed E-state index contributed by atoms with van der Waals surface area (Å²) >= 11 is 0. The lowest BCUT2D eigenvalue weighted by Gasteiger charge is -2.10. The van der Waals surface area contributed by atoms with Crippen LogP contribution >= 0.6 is 0 Å². The summed E-state index contributed by atoms with van der Waals surface area (Å²) in [6, 6.07) is 10.9. The van der Waals surface area contributed by atoms with Gasteiger partial charge in [0.15, 0.2) is 0 Å². The Balaban J connectivity index is 1.85. The van der Waals surface area contributed by atoms with E-state index < -0.39 is 6.10 Å². The summed E-state index contributed by atoms with van der Waals surface area (Å²) in [6.45, 7) is 0. The second kappa shape index (κ2) is 6.29. The van der Waals surface area contributed by atoms with Crippen molar-refractivity contribution >= 4 is 0 Å². The van der Waals surface area contributed by atoms with Gasteiger partial charge in [0, 0.05) is 11.8 Å². The van der Waals surface area contributed by atoms with Crippen LogP contribution in [0.15, 0.2) is 47.3 Å². The average molecular weight is 261 g/mol. The summed E-state index contributed by atoms with van der Waals surface area (Å²) in [5, 5.41) is 9.95. The van der Waals surface area contributed by atoms with E-state index in [0.29, 0.717) is 18.4 Å². The van der Waals surface area contributed by atoms with Gasteiger partial charge < -0.3 is 10.1 Å². The van der Waals surface area contributed by atoms with Gasteiger partial charge in [0.05, 0.1) is 6.10 Å². The number of nitrogens with one attached hydrogen (secondary N) is 1. The first kappa shape index (κ1) is 13.5. The zero-order chi connectivity index (χ0) is 13.7. The summed E-state index contributed by atoms with van der Waals surface area (Å²) in [7, 11) is 0. The molecule has 0 aliphatic carbocycles. The van der Waals surface area contributed by atoms with E-state index in [-0.39, 0.29) is 11.4 Å². The van der Waals surface area contributed by atoms with Crippen molar-refractivity contribution in [3.8, 4) is 0 Å². The van der Waals surface area contributed by atoms with Crippen molar-refractivity contribution in [3.05, 3.63) is 69.9 Å². The van der Waals surface area contributed by atoms with Gasteiger partial charge in [-0.1, -0.05) is 18.2 Å². The Labute approximate surface area is 110 Å². The highest BCUT2D eigenvalue weighted by Gasteiger charge is 2.07. The molecule has 2 aromatic rings. The van der Waals surface area contributed by atoms with Gasteiger partial charge in [-0.15, -0.1) is 0 Å². The van der Waals surface area contributed by atoms with Gasteiger partial charge in [0.1, 0.15) is 5.82 Å². The van der Waals surface area contributed by atoms with Crippen molar-refractivity contribution in [1.29, 1.82) is 0 Å². The number of aliphatic hydroxyl groups is 1. The van der Waals surface area contributed by atoms with Gasteiger partial charge >= 0.3 is 0 Å². The van der Waals surface area contributed by atoms with Crippen LogP contribution in [0.3, 0.4) is 0 Å². The molecular weight excluding hydrogens is 245 g/mol. The molecule has 0 saturated heterocycles. The number of hydrogen-bond donors (Lipinski definition) is 2. The smallest absolute Gasteiger partial charge is 0.248 e. The summed E-state index contributed by atoms with van der Waals surface area (Å²) < 4.78 is 12.7. The topological polar surface area (TPSA) is 53.1 Å². The number of hydrogen-bond acceptors (Lipinski definition) is 2. The monoisotopic (exact) mass is 261 g/mol. The van der Waals surface area contributed by atoms with Crippen LogP contribution < -0.4 is 5.56 Å². The maximum absolute atomic E-state index is 12.7. The van der Waals surface area contributed by atoms with Crippen molar-refractivity contribution in [2.75, 3.05) is 0 Å². The number of rotatable bonds is 5. The standard InChI is InChI=1S/C15H16FNO2/c16-12-9-7-11(8-10-12)14(18)5-1-3-13-4-2-6-15(19)17-13/h2,4,6-10,14,18H,1,3,5H2,(H,17,19). The second-order valence-corrected chi connectivity index (χ2v) is 4.50. The zero-order valence-electron chi connectivity index (χ0n) is 10.5. The van der Waals surface area contributed by atoms with E-state index in [1.807, 2.05) is 6.07 Å². The number of aryl methyl sites for hydroxylation is 1. The number of aromatic amines is 1. The van der Waals surface area contributed by atoms with Gasteiger partial charge in [-0.2, -0.15) is 0 Å². The van der Waals surface area contributed by atoms with Gasteiger partial charge in [0.2, 0.25) is 5.56 Å². The molecule has 1 atom stereocenters. The van der Waals surface area contributed by atoms with Crippen molar-refractivity contribution in [1.82, 2.24) is 4.98 Å². The van der Waals surface area contributed by atoms with Gasteiger partial charge in [-0.3, -0.25) is 4.79 Å². The van der Waals surface area contributed by atoms with Gasteiger partial charge in [-0.25, -0.2) is 4.39 Å². The Morgan fingerprint density at radius 1 is 1.16 bits per heavy atom. The quantitative estimate of drug-likeness (QED) is 0.869. The van der Waals surface area contributed by atoms with E-state index in [1.165, 1.54) is 18.2 Å². The molecule has 100 valence electrons. The average Bonchev–Trinajstić information content (AvgIpc) is 2.39. The second-order valence-electron chi connectivity index (χ2n) is 4.50. The lowest BCUT2D eigenvalue weighted by molar-refractivity contribution is 0.164. The first-order valence-corrected chi connectivity index (χ1v) is 6.27. The van der Waals surface area contributed by atoms with Crippen LogP contribution in [-0.4, -0.2) is 10.1 Å². The minimum Gasteiger partial charge on any atom is -0.388 e. The molecule has 1 unspecified atom stereocenters. The molecule has 0 aliphatic rings. The molecule has 1 aromatic heterocycles. The predicted molar refractivity (Wildman–Crippen MR) is 71.4 cm³/mol. The lowest BCUT2D eigenvalue weighted by Crippen LogP contribution is -2.06. The molecule has 0 fully saturated rings. The van der Waals surface area contributed by atoms with Gasteiger partial charge in [-0.05, 0) is 43.0 Å². The molecule has 0 radical (unpaired) electrons. The highest BCUT2D eigenvalue weighted by molar-refractivity contribution is 5.18. The molecule has 0 amide bonds. The molecule has 0 saturated carbocycles. The van der Waals surface area contributed by atoms with Gasteiger partial charge in [0.25, 0.3) is 0 Å². The third-order valence-electron chi connectivity index (χ3n) is 3.01. The largest absolute Gasteiger partial charge is 0.388 e. The number of benzene rings is 1. The molecule has 1 aromatic carbocycles. The van der Waals surface area contributed by atoms with E-state index in [0.717, 1.165) is 12.1 Å². The van der Waals surface area contributed by atoms with Crippen molar-refractivity contribution in [2.24, 2.45) is 0 Å². The van der Waals surface area contributed by atoms with Crippen LogP contribution in [-0.2, 0) is 6.42 Å². The molecule has 4 heteroatoms. The SMILES string of the molecule is O=c1cccc(CCCC(O)c2ccc(F)cc2)[nH]1. The van der Waals surface area contributed by atoms with Crippen LogP contribution in [0.5, 0.6) is 0 Å². The van der Waals surface area contributed by atoms with Crippen LogP contribution in [0.2, 0.25) is 0 Å². The summed E-state index contributed by atoms with van der Waals surface area (Å²) in [6.07, 6.45) is 1.42. The number of halogens is 1. The number of aliphatic hydroxyl groups excluding tert-OH is 1. The molecule has 0 aliphatic heterocycles. The van der Waals surface area contributed by atoms with E-state index in [9.17, 15) is 14.3 Å². The number of pyridine rings is 1. The predicted octanol–water partition coefficient (Wildman–Crippen LogP) is 2.57. The van der Waals surface area contributed by atoms with Crippen molar-refractivity contribution in [3.63, 3.8) is 0 Å². The highest BCUT2D eigenvalue weighted by Crippen LogP contribution is 2.19. The lowest BCUT2D eigenvalue weighted by atomic mass is 10.0. The fourth-order valence-corrected chi connectivity index (χ4v) is 1.98. The highest BCUT2D eigenvalue weighted by atomic mass is 19.1. The number of aromatic nitrogens is 1. The fraction of sp³-hybridized carbons (Fsp3) is 0.267. The minimum absolute atomic E-state index is 0.114. The summed E-state index contributed by atoms with van der Waals surface area (Å²) in [4.78, 5) is 13.8. The molecule has 2 rings (SSSR count). The Kier molecular flexibility index (Phi) is 4.47. The molecule has 19 heavy (non-hydrogen) atoms. The number of H-pyrrole nitrogens is 1. The van der Waals surface area contributed by atoms with E-state index in [4.69, 9.17) is 0 Å². The molecule has 0 bridgehead atoms. The normalized spacial score (nSPS) is 12.3. The van der Waals surface area contributed by atoms with Crippen molar-refractivity contribution < 1.29 is 9.50 Å². The summed E-state index contributed by atoms with van der Waals surface area (Å²) in [5.41, 5.74) is 1.46. The van der Waals surface area contributed by atoms with Crippen LogP contribution in [0.4, 0.5) is 4.39 Å². The van der Waals surface area contributed by atoms with Crippen LogP contribution in [0.25, 0.3) is 0 Å².